The number of aromatic nitrogens is 4. The van der Waals surface area contributed by atoms with Crippen molar-refractivity contribution < 1.29 is 23.9 Å². The highest BCUT2D eigenvalue weighted by Gasteiger charge is 2.57. The molecular weight excluding hydrogens is 658 g/mol. The van der Waals surface area contributed by atoms with E-state index in [1.165, 1.54) is 7.11 Å². The Balaban J connectivity index is 0.956. The molecule has 3 amide bonds. The number of aromatic amines is 2. The Morgan fingerprint density at radius 1 is 0.865 bits per heavy atom. The molecule has 2 aromatic heterocycles. The lowest BCUT2D eigenvalue weighted by molar-refractivity contribution is -0.136. The summed E-state index contributed by atoms with van der Waals surface area (Å²) in [6, 6.07) is 11.8. The van der Waals surface area contributed by atoms with Crippen molar-refractivity contribution in [3.05, 3.63) is 71.7 Å². The summed E-state index contributed by atoms with van der Waals surface area (Å²) >= 11 is 0. The molecular formula is C40H45N7O5. The lowest BCUT2D eigenvalue weighted by atomic mass is 10.0. The van der Waals surface area contributed by atoms with Crippen LogP contribution in [0.3, 0.4) is 0 Å². The number of benzene rings is 2. The molecule has 2 saturated carbocycles. The second-order valence-corrected chi connectivity index (χ2v) is 16.0. The molecule has 4 fully saturated rings. The van der Waals surface area contributed by atoms with Gasteiger partial charge in [-0.15, -0.1) is 0 Å². The first kappa shape index (κ1) is 33.8. The van der Waals surface area contributed by atoms with Gasteiger partial charge >= 0.3 is 12.2 Å². The van der Waals surface area contributed by atoms with Gasteiger partial charge in [0.2, 0.25) is 5.91 Å². The van der Waals surface area contributed by atoms with Crippen LogP contribution in [0.5, 0.6) is 0 Å². The zero-order valence-electron chi connectivity index (χ0n) is 30.4. The first-order valence-electron chi connectivity index (χ1n) is 18.2. The predicted molar refractivity (Wildman–Crippen MR) is 194 cm³/mol. The number of ether oxygens (including phenoxy) is 2. The van der Waals surface area contributed by atoms with Crippen molar-refractivity contribution in [2.75, 3.05) is 7.11 Å². The van der Waals surface area contributed by atoms with E-state index < -0.39 is 17.7 Å². The van der Waals surface area contributed by atoms with Crippen molar-refractivity contribution in [3.8, 4) is 23.1 Å². The lowest BCUT2D eigenvalue weighted by Gasteiger charge is -2.31. The summed E-state index contributed by atoms with van der Waals surface area (Å²) in [4.78, 5) is 58.7. The Bertz CT molecular complexity index is 2120. The van der Waals surface area contributed by atoms with Gasteiger partial charge in [0.15, 0.2) is 0 Å². The van der Waals surface area contributed by atoms with Crippen LogP contribution in [0.15, 0.2) is 48.8 Å². The van der Waals surface area contributed by atoms with E-state index in [-0.39, 0.29) is 42.1 Å². The summed E-state index contributed by atoms with van der Waals surface area (Å²) in [5.41, 5.74) is 2.90. The molecule has 4 heterocycles. The molecule has 270 valence electrons. The number of amides is 3. The number of likely N-dealkylation sites (tertiary alicyclic amines) is 2. The van der Waals surface area contributed by atoms with Gasteiger partial charge in [0, 0.05) is 23.2 Å². The Hall–Kier alpha value is -5.31. The molecule has 0 spiro atoms. The lowest BCUT2D eigenvalue weighted by Crippen LogP contribution is -2.52. The second kappa shape index (κ2) is 12.7. The van der Waals surface area contributed by atoms with Gasteiger partial charge in [0.25, 0.3) is 0 Å². The number of H-pyrrole nitrogens is 2. The van der Waals surface area contributed by atoms with Crippen molar-refractivity contribution in [1.82, 2.24) is 35.1 Å². The van der Waals surface area contributed by atoms with Crippen molar-refractivity contribution in [2.45, 2.75) is 96.1 Å². The number of imidazole rings is 2. The summed E-state index contributed by atoms with van der Waals surface area (Å²) in [5, 5.41) is 4.86. The highest BCUT2D eigenvalue weighted by atomic mass is 16.6. The highest BCUT2D eigenvalue weighted by molar-refractivity contribution is 5.88. The van der Waals surface area contributed by atoms with Gasteiger partial charge in [-0.05, 0) is 99.1 Å². The summed E-state index contributed by atoms with van der Waals surface area (Å²) in [6.07, 6.45) is 6.40. The molecule has 1 unspecified atom stereocenters. The van der Waals surface area contributed by atoms with Crippen LogP contribution in [0.1, 0.15) is 95.3 Å². The molecule has 12 heteroatoms. The molecule has 2 aromatic carbocycles. The Morgan fingerprint density at radius 2 is 1.52 bits per heavy atom. The summed E-state index contributed by atoms with van der Waals surface area (Å²) in [6.45, 7) is 9.50. The summed E-state index contributed by atoms with van der Waals surface area (Å²) in [5.74, 6) is 8.75. The fourth-order valence-corrected chi connectivity index (χ4v) is 8.01. The van der Waals surface area contributed by atoms with E-state index in [1.54, 1.807) is 6.20 Å². The molecule has 2 aliphatic carbocycles. The van der Waals surface area contributed by atoms with Crippen LogP contribution < -0.4 is 5.32 Å². The van der Waals surface area contributed by atoms with E-state index in [1.807, 2.05) is 56.7 Å². The van der Waals surface area contributed by atoms with Crippen LogP contribution in [0.2, 0.25) is 0 Å². The molecule has 12 nitrogen and oxygen atoms in total. The molecule has 4 aliphatic rings. The van der Waals surface area contributed by atoms with Crippen LogP contribution in [-0.2, 0) is 14.3 Å². The minimum absolute atomic E-state index is 0.0923. The van der Waals surface area contributed by atoms with Crippen LogP contribution >= 0.6 is 0 Å². The Kier molecular flexibility index (Phi) is 8.27. The highest BCUT2D eigenvalue weighted by Crippen LogP contribution is 2.54. The van der Waals surface area contributed by atoms with Gasteiger partial charge < -0.3 is 29.7 Å². The number of carbonyl (C=O) groups excluding carboxylic acids is 3. The van der Waals surface area contributed by atoms with Crippen LogP contribution in [0.25, 0.3) is 22.0 Å². The zero-order valence-corrected chi connectivity index (χ0v) is 30.4. The number of hydrogen-bond acceptors (Lipinski definition) is 7. The molecule has 2 aliphatic heterocycles. The smallest absolute Gasteiger partial charge is 0.411 e. The third-order valence-corrected chi connectivity index (χ3v) is 10.8. The first-order chi connectivity index (χ1) is 24.9. The molecule has 4 aromatic rings. The molecule has 52 heavy (non-hydrogen) atoms. The Morgan fingerprint density at radius 3 is 2.23 bits per heavy atom. The quantitative estimate of drug-likeness (QED) is 0.195. The van der Waals surface area contributed by atoms with Crippen molar-refractivity contribution in [3.63, 3.8) is 0 Å². The van der Waals surface area contributed by atoms with Crippen molar-refractivity contribution in [1.29, 1.82) is 0 Å². The molecule has 7 atom stereocenters. The van der Waals surface area contributed by atoms with Gasteiger partial charge in [-0.2, -0.15) is 0 Å². The number of hydrogen-bond donors (Lipinski definition) is 3. The summed E-state index contributed by atoms with van der Waals surface area (Å²) < 4.78 is 10.5. The van der Waals surface area contributed by atoms with E-state index >= 15 is 0 Å². The number of methoxy groups -OCH3 is 1. The molecule has 3 N–H and O–H groups in total. The predicted octanol–water partition coefficient (Wildman–Crippen LogP) is 6.47. The fourth-order valence-electron chi connectivity index (χ4n) is 8.01. The monoisotopic (exact) mass is 703 g/mol. The molecule has 0 radical (unpaired) electrons. The number of alkyl carbamates (subject to hydrolysis) is 1. The zero-order chi connectivity index (χ0) is 36.5. The van der Waals surface area contributed by atoms with Crippen molar-refractivity contribution >= 4 is 28.9 Å². The van der Waals surface area contributed by atoms with E-state index in [0.717, 1.165) is 64.9 Å². The number of rotatable bonds is 6. The second-order valence-electron chi connectivity index (χ2n) is 16.0. The molecule has 0 bridgehead atoms. The number of fused-ring (bicyclic) bond motifs is 3. The number of nitrogens with zero attached hydrogens (tertiary/aromatic N) is 4. The van der Waals surface area contributed by atoms with Crippen LogP contribution in [0, 0.1) is 29.6 Å². The third-order valence-electron chi connectivity index (χ3n) is 10.8. The topological polar surface area (TPSA) is 146 Å². The minimum Gasteiger partial charge on any atom is -0.453 e. The van der Waals surface area contributed by atoms with E-state index in [0.29, 0.717) is 17.5 Å². The van der Waals surface area contributed by atoms with E-state index in [4.69, 9.17) is 14.5 Å². The number of carbonyl (C=O) groups is 3. The maximum absolute atomic E-state index is 13.8. The van der Waals surface area contributed by atoms with Crippen LogP contribution in [0.4, 0.5) is 9.59 Å². The fraction of sp³-hybridized carbons (Fsp3) is 0.475. The number of piperidine rings is 2. The molecule has 2 saturated heterocycles. The van der Waals surface area contributed by atoms with Gasteiger partial charge in [0.05, 0.1) is 37.3 Å². The number of nitrogens with one attached hydrogen (secondary N) is 3. The normalized spacial score (nSPS) is 24.9. The summed E-state index contributed by atoms with van der Waals surface area (Å²) in [7, 11) is 1.30. The Labute approximate surface area is 303 Å². The largest absolute Gasteiger partial charge is 0.453 e. The maximum atomic E-state index is 13.8. The minimum atomic E-state index is -0.671. The van der Waals surface area contributed by atoms with E-state index in [9.17, 15) is 14.4 Å². The SMILES string of the molecule is COC(=O)NC(C(=O)N1[C@@H]2C[C@@H]2C[C@H]1c1ncc(-c2ccc3cc(C#Cc4cnc([C@@H]5C[C@H]6C[C@H]6N5C(=O)OC(C)(C)C)[nH]4)ccc3c2)[nH]1)C(C)C. The molecule has 8 rings (SSSR count). The van der Waals surface area contributed by atoms with Crippen LogP contribution in [-0.4, -0.2) is 78.7 Å². The van der Waals surface area contributed by atoms with E-state index in [2.05, 4.69) is 62.4 Å². The van der Waals surface area contributed by atoms with Gasteiger partial charge in [-0.3, -0.25) is 9.69 Å². The maximum Gasteiger partial charge on any atom is 0.411 e. The van der Waals surface area contributed by atoms with Gasteiger partial charge in [0.1, 0.15) is 29.0 Å². The van der Waals surface area contributed by atoms with Gasteiger partial charge in [-0.1, -0.05) is 38.0 Å². The van der Waals surface area contributed by atoms with Crippen molar-refractivity contribution in [2.24, 2.45) is 17.8 Å². The van der Waals surface area contributed by atoms with Gasteiger partial charge in [-0.25, -0.2) is 19.6 Å². The standard InChI is InChI=1S/C40H45N7O5/c1-21(2)34(45-38(49)51-6)37(48)46-30-15-26(30)17-32(46)36-42-20-29(44-36)25-11-10-23-13-22(7-9-24(23)14-25)8-12-28-19-41-35(43-28)33-18-27-16-31(27)47(33)39(50)52-40(3,4)5/h7,9-11,13-14,19-21,26-27,30-34H,15-18H2,1-6H3,(H,41,43)(H,42,44)(H,45,49)/t26-,27-,30-,31-,32+,33+,34?/m1/s1. The third kappa shape index (κ3) is 6.49. The first-order valence-corrected chi connectivity index (χ1v) is 18.2. The average Bonchev–Trinajstić information content (AvgIpc) is 3.70. The average molecular weight is 704 g/mol.